The van der Waals surface area contributed by atoms with Gasteiger partial charge >= 0.3 is 5.69 Å². The maximum absolute atomic E-state index is 16.0. The van der Waals surface area contributed by atoms with Crippen LogP contribution < -0.4 is 15.9 Å². The van der Waals surface area contributed by atoms with E-state index in [1.165, 1.54) is 22.8 Å². The summed E-state index contributed by atoms with van der Waals surface area (Å²) in [5, 5.41) is 3.54. The van der Waals surface area contributed by atoms with Crippen molar-refractivity contribution in [2.75, 3.05) is 29.9 Å². The number of carbonyl (C=O) groups excluding carboxylic acids is 1. The van der Waals surface area contributed by atoms with Crippen molar-refractivity contribution in [3.63, 3.8) is 0 Å². The summed E-state index contributed by atoms with van der Waals surface area (Å²) in [6.07, 6.45) is 5.34. The maximum atomic E-state index is 16.0. The number of rotatable bonds is 3. The van der Waals surface area contributed by atoms with Gasteiger partial charge in [-0.1, -0.05) is 26.5 Å². The van der Waals surface area contributed by atoms with Crippen molar-refractivity contribution in [2.45, 2.75) is 32.2 Å². The minimum absolute atomic E-state index is 0.00915. The van der Waals surface area contributed by atoms with E-state index in [2.05, 4.69) is 21.9 Å². The number of piperazine rings is 1. The Kier molecular flexibility index (Phi) is 5.93. The Morgan fingerprint density at radius 2 is 2.00 bits per heavy atom. The summed E-state index contributed by atoms with van der Waals surface area (Å²) in [7, 11) is 0. The minimum Gasteiger partial charge on any atom is -0.384 e. The van der Waals surface area contributed by atoms with E-state index in [0.717, 1.165) is 11.3 Å². The first-order valence-electron chi connectivity index (χ1n) is 13.8. The fourth-order valence-corrected chi connectivity index (χ4v) is 6.01. The number of aromatic nitrogens is 4. The van der Waals surface area contributed by atoms with Gasteiger partial charge in [0.05, 0.1) is 28.4 Å². The molecule has 2 bridgehead atoms. The van der Waals surface area contributed by atoms with Crippen molar-refractivity contribution in [3.8, 4) is 16.9 Å². The average molecular weight is 568 g/mol. The van der Waals surface area contributed by atoms with Gasteiger partial charge in [-0.25, -0.2) is 23.1 Å². The molecule has 0 radical (unpaired) electrons. The number of carbonyl (C=O) groups is 1. The summed E-state index contributed by atoms with van der Waals surface area (Å²) in [6.45, 7) is 8.64. The Hall–Kier alpha value is -4.93. The molecule has 0 saturated carbocycles. The highest BCUT2D eigenvalue weighted by Crippen LogP contribution is 2.41. The van der Waals surface area contributed by atoms with Crippen molar-refractivity contribution in [3.05, 3.63) is 94.3 Å². The van der Waals surface area contributed by atoms with E-state index in [4.69, 9.17) is 4.98 Å². The summed E-state index contributed by atoms with van der Waals surface area (Å²) >= 11 is 0. The molecule has 5 heterocycles. The standard InChI is InChI=1S/C31H27F2N7O2/c1-4-24(41)38-12-13-39(23-15-22(23)38)29-18-14-20(33)27-25-19(32)6-5-7-21(25)34-10-8-17-9-11-35-26(16(2)3)28(17)40(30(18)36-27)31(42)37-29/h4-7,9,11,14-16,23,34H,1,8,10,12-13H2,2-3H3/t23-/m0/s1. The van der Waals surface area contributed by atoms with Crippen LogP contribution in [0.3, 0.4) is 0 Å². The van der Waals surface area contributed by atoms with Gasteiger partial charge in [0, 0.05) is 37.2 Å². The van der Waals surface area contributed by atoms with E-state index in [-0.39, 0.29) is 40.6 Å². The van der Waals surface area contributed by atoms with Gasteiger partial charge in [-0.05, 0) is 54.3 Å². The first kappa shape index (κ1) is 26.0. The fourth-order valence-electron chi connectivity index (χ4n) is 6.01. The molecule has 1 amide bonds. The van der Waals surface area contributed by atoms with Crippen molar-refractivity contribution in [1.82, 2.24) is 24.4 Å². The Balaban J connectivity index is 1.53. The number of amides is 1. The van der Waals surface area contributed by atoms with Crippen molar-refractivity contribution < 1.29 is 13.6 Å². The molecule has 1 aromatic carbocycles. The van der Waals surface area contributed by atoms with E-state index in [1.807, 2.05) is 30.9 Å². The molecule has 7 rings (SSSR count). The number of nitrogens with one attached hydrogen (secondary N) is 1. The monoisotopic (exact) mass is 567 g/mol. The van der Waals surface area contributed by atoms with Crippen LogP contribution in [0.1, 0.15) is 31.0 Å². The second-order valence-electron chi connectivity index (χ2n) is 10.9. The summed E-state index contributed by atoms with van der Waals surface area (Å²) < 4.78 is 32.8. The van der Waals surface area contributed by atoms with Gasteiger partial charge in [-0.15, -0.1) is 0 Å². The van der Waals surface area contributed by atoms with Crippen molar-refractivity contribution in [1.29, 1.82) is 0 Å². The normalized spacial score (nSPS) is 17.2. The Morgan fingerprint density at radius 3 is 2.79 bits per heavy atom. The van der Waals surface area contributed by atoms with Crippen LogP contribution in [0.5, 0.6) is 0 Å². The number of halogens is 2. The number of pyridine rings is 2. The Labute approximate surface area is 239 Å². The second-order valence-corrected chi connectivity index (χ2v) is 10.9. The molecular formula is C31H27F2N7O2. The highest BCUT2D eigenvalue weighted by Gasteiger charge is 2.43. The van der Waals surface area contributed by atoms with Gasteiger partial charge in [0.25, 0.3) is 0 Å². The van der Waals surface area contributed by atoms with Crippen LogP contribution in [-0.2, 0) is 11.2 Å². The molecule has 1 saturated heterocycles. The molecule has 4 aromatic rings. The maximum Gasteiger partial charge on any atom is 0.355 e. The molecule has 3 aliphatic rings. The van der Waals surface area contributed by atoms with Crippen molar-refractivity contribution in [2.24, 2.45) is 0 Å². The van der Waals surface area contributed by atoms with E-state index in [9.17, 15) is 9.59 Å². The lowest BCUT2D eigenvalue weighted by atomic mass is 10.0. The Bertz CT molecular complexity index is 1920. The molecule has 3 aromatic heterocycles. The summed E-state index contributed by atoms with van der Waals surface area (Å²) in [6, 6.07) is 7.35. The highest BCUT2D eigenvalue weighted by molar-refractivity contribution is 5.94. The van der Waals surface area contributed by atoms with Gasteiger partial charge in [0.15, 0.2) is 11.5 Å². The first-order valence-corrected chi connectivity index (χ1v) is 13.8. The zero-order valence-electron chi connectivity index (χ0n) is 23.1. The fraction of sp³-hybridized carbons (Fsp3) is 0.258. The van der Waals surface area contributed by atoms with Crippen LogP contribution in [0.25, 0.3) is 28.0 Å². The highest BCUT2D eigenvalue weighted by atomic mass is 19.1. The van der Waals surface area contributed by atoms with Gasteiger partial charge in [0.1, 0.15) is 17.3 Å². The predicted octanol–water partition coefficient (Wildman–Crippen LogP) is 4.31. The van der Waals surface area contributed by atoms with Crippen LogP contribution >= 0.6 is 0 Å². The van der Waals surface area contributed by atoms with Gasteiger partial charge in [0.2, 0.25) is 5.91 Å². The van der Waals surface area contributed by atoms with Crippen LogP contribution in [0.2, 0.25) is 0 Å². The molecular weight excluding hydrogens is 540 g/mol. The third-order valence-electron chi connectivity index (χ3n) is 8.02. The van der Waals surface area contributed by atoms with Crippen LogP contribution in [-0.4, -0.2) is 56.0 Å². The van der Waals surface area contributed by atoms with Crippen LogP contribution in [0.15, 0.2) is 65.8 Å². The zero-order valence-corrected chi connectivity index (χ0v) is 23.1. The largest absolute Gasteiger partial charge is 0.384 e. The average Bonchev–Trinajstić information content (AvgIpc) is 3.77. The van der Waals surface area contributed by atoms with Crippen molar-refractivity contribution >= 4 is 28.4 Å². The molecule has 42 heavy (non-hydrogen) atoms. The first-order chi connectivity index (χ1) is 20.3. The number of nitrogens with zero attached hydrogens (tertiary/aromatic N) is 6. The molecule has 1 aliphatic carbocycles. The molecule has 9 nitrogen and oxygen atoms in total. The summed E-state index contributed by atoms with van der Waals surface area (Å²) in [4.78, 5) is 43.7. The van der Waals surface area contributed by atoms with Gasteiger partial charge in [-0.2, -0.15) is 4.98 Å². The molecule has 2 aliphatic heterocycles. The third kappa shape index (κ3) is 3.91. The van der Waals surface area contributed by atoms with Crippen LogP contribution in [0, 0.1) is 11.6 Å². The quantitative estimate of drug-likeness (QED) is 0.369. The van der Waals surface area contributed by atoms with Gasteiger partial charge in [-0.3, -0.25) is 9.78 Å². The smallest absolute Gasteiger partial charge is 0.355 e. The molecule has 0 spiro atoms. The van der Waals surface area contributed by atoms with Gasteiger partial charge < -0.3 is 15.1 Å². The number of anilines is 2. The second kappa shape index (κ2) is 9.57. The molecule has 1 N–H and O–H groups in total. The lowest BCUT2D eigenvalue weighted by Gasteiger charge is -2.34. The molecule has 1 fully saturated rings. The minimum atomic E-state index is -0.747. The number of fused-ring (bicyclic) bond motifs is 6. The molecule has 11 heteroatoms. The Morgan fingerprint density at radius 1 is 1.17 bits per heavy atom. The van der Waals surface area contributed by atoms with E-state index in [0.29, 0.717) is 48.5 Å². The number of benzene rings is 1. The number of hydrogen-bond acceptors (Lipinski definition) is 7. The zero-order chi connectivity index (χ0) is 29.3. The molecule has 212 valence electrons. The molecule has 0 unspecified atom stereocenters. The summed E-state index contributed by atoms with van der Waals surface area (Å²) in [5.74, 6) is -1.39. The third-order valence-corrected chi connectivity index (χ3v) is 8.02. The predicted molar refractivity (Wildman–Crippen MR) is 156 cm³/mol. The van der Waals surface area contributed by atoms with E-state index >= 15 is 8.78 Å². The number of hydrogen-bond donors (Lipinski definition) is 1. The van der Waals surface area contributed by atoms with Crippen LogP contribution in [0.4, 0.5) is 20.3 Å². The lowest BCUT2D eigenvalue weighted by molar-refractivity contribution is -0.124. The summed E-state index contributed by atoms with van der Waals surface area (Å²) in [5.41, 5.74) is 2.56. The van der Waals surface area contributed by atoms with E-state index < -0.39 is 17.3 Å². The SMILES string of the molecule is C=CC(=O)N1CCN(c2nc(=O)n3c4nc(c(F)cc24)-c2c(F)cccc2NCCc2ccnc(C(C)C)c2-3)[C@H]2C=C21. The topological polar surface area (TPSA) is 96.3 Å². The molecule has 1 atom stereocenters. The lowest BCUT2D eigenvalue weighted by Crippen LogP contribution is -2.46. The van der Waals surface area contributed by atoms with E-state index in [1.54, 1.807) is 23.2 Å².